The van der Waals surface area contributed by atoms with Gasteiger partial charge in [-0.15, -0.1) is 0 Å². The number of carboxylic acids is 1. The highest BCUT2D eigenvalue weighted by atomic mass is 16.6. The molecule has 0 aliphatic heterocycles. The maximum atomic E-state index is 12.1. The third-order valence-corrected chi connectivity index (χ3v) is 3.21. The van der Waals surface area contributed by atoms with Crippen molar-refractivity contribution in [1.82, 2.24) is 5.32 Å². The van der Waals surface area contributed by atoms with Crippen molar-refractivity contribution in [1.29, 1.82) is 0 Å². The van der Waals surface area contributed by atoms with Gasteiger partial charge in [0, 0.05) is 5.54 Å². The van der Waals surface area contributed by atoms with E-state index in [-0.39, 0.29) is 17.1 Å². The van der Waals surface area contributed by atoms with Crippen LogP contribution in [0.5, 0.6) is 0 Å². The molecule has 0 spiro atoms. The number of benzene rings is 1. The van der Waals surface area contributed by atoms with Crippen LogP contribution in [0.4, 0.5) is 0 Å². The molecular weight excluding hydrogens is 294 g/mol. The summed E-state index contributed by atoms with van der Waals surface area (Å²) in [6, 6.07) is 6.34. The Bertz CT molecular complexity index is 555. The number of hydrogen-bond acceptors (Lipinski definition) is 4. The van der Waals surface area contributed by atoms with E-state index in [4.69, 9.17) is 9.84 Å². The van der Waals surface area contributed by atoms with E-state index >= 15 is 0 Å². The van der Waals surface area contributed by atoms with E-state index in [2.05, 4.69) is 5.32 Å². The molecule has 0 radical (unpaired) electrons. The number of ether oxygens (including phenoxy) is 1. The van der Waals surface area contributed by atoms with Gasteiger partial charge in [-0.2, -0.15) is 0 Å². The Morgan fingerprint density at radius 3 is 2.09 bits per heavy atom. The molecule has 1 atom stereocenters. The standard InChI is InChI=1S/C18H27NO4/c1-12(16(22)23-17(2,3)4)19-18(5,6)11-13-7-9-14(10-8-13)15(20)21/h7-10,12,19H,11H2,1-6H3,(H,20,21). The van der Waals surface area contributed by atoms with E-state index in [9.17, 15) is 9.59 Å². The largest absolute Gasteiger partial charge is 0.478 e. The molecular formula is C18H27NO4. The van der Waals surface area contributed by atoms with Gasteiger partial charge >= 0.3 is 11.9 Å². The molecule has 1 aromatic rings. The Balaban J connectivity index is 2.68. The molecule has 0 aliphatic rings. The first-order valence-corrected chi connectivity index (χ1v) is 7.72. The number of carbonyl (C=O) groups excluding carboxylic acids is 1. The van der Waals surface area contributed by atoms with Crippen molar-refractivity contribution in [2.75, 3.05) is 0 Å². The molecule has 0 heterocycles. The Morgan fingerprint density at radius 1 is 1.13 bits per heavy atom. The predicted molar refractivity (Wildman–Crippen MR) is 89.6 cm³/mol. The smallest absolute Gasteiger partial charge is 0.335 e. The Morgan fingerprint density at radius 2 is 1.65 bits per heavy atom. The number of rotatable bonds is 6. The number of esters is 1. The lowest BCUT2D eigenvalue weighted by atomic mass is 9.93. The number of carboxylic acid groups (broad SMARTS) is 1. The topological polar surface area (TPSA) is 75.6 Å². The molecule has 0 bridgehead atoms. The first kappa shape index (κ1) is 19.2. The minimum atomic E-state index is -0.938. The first-order valence-electron chi connectivity index (χ1n) is 7.72. The van der Waals surface area contributed by atoms with Gasteiger partial charge < -0.3 is 9.84 Å². The fourth-order valence-corrected chi connectivity index (χ4v) is 2.36. The zero-order valence-corrected chi connectivity index (χ0v) is 14.8. The van der Waals surface area contributed by atoms with Crippen molar-refractivity contribution in [3.05, 3.63) is 35.4 Å². The van der Waals surface area contributed by atoms with Gasteiger partial charge in [-0.05, 0) is 65.7 Å². The summed E-state index contributed by atoms with van der Waals surface area (Å²) in [5.41, 5.74) is 0.427. The molecule has 0 saturated heterocycles. The lowest BCUT2D eigenvalue weighted by Gasteiger charge is -2.31. The molecule has 128 valence electrons. The van der Waals surface area contributed by atoms with Crippen LogP contribution in [0.3, 0.4) is 0 Å². The van der Waals surface area contributed by atoms with Crippen LogP contribution in [-0.2, 0) is 16.0 Å². The number of aromatic carboxylic acids is 1. The minimum absolute atomic E-state index is 0.265. The molecule has 0 saturated carbocycles. The average molecular weight is 321 g/mol. The molecule has 23 heavy (non-hydrogen) atoms. The average Bonchev–Trinajstić information content (AvgIpc) is 2.36. The molecule has 1 rings (SSSR count). The van der Waals surface area contributed by atoms with Gasteiger partial charge in [0.25, 0.3) is 0 Å². The van der Waals surface area contributed by atoms with Crippen molar-refractivity contribution in [3.8, 4) is 0 Å². The van der Waals surface area contributed by atoms with E-state index in [1.807, 2.05) is 34.6 Å². The summed E-state index contributed by atoms with van der Waals surface area (Å²) in [5, 5.41) is 12.2. The van der Waals surface area contributed by atoms with Gasteiger partial charge in [-0.3, -0.25) is 10.1 Å². The molecule has 0 amide bonds. The monoisotopic (exact) mass is 321 g/mol. The first-order chi connectivity index (χ1) is 10.4. The number of carbonyl (C=O) groups is 2. The summed E-state index contributed by atoms with van der Waals surface area (Å²) in [5.74, 6) is -1.22. The van der Waals surface area contributed by atoms with Gasteiger partial charge in [-0.1, -0.05) is 12.1 Å². The van der Waals surface area contributed by atoms with Crippen LogP contribution < -0.4 is 5.32 Å². The summed E-state index contributed by atoms with van der Waals surface area (Å²) in [6.45, 7) is 11.3. The van der Waals surface area contributed by atoms with E-state index in [0.29, 0.717) is 6.42 Å². The SMILES string of the molecule is CC(NC(C)(C)Cc1ccc(C(=O)O)cc1)C(=O)OC(C)(C)C. The van der Waals surface area contributed by atoms with Gasteiger partial charge in [0.05, 0.1) is 5.56 Å². The van der Waals surface area contributed by atoms with E-state index in [0.717, 1.165) is 5.56 Å². The third kappa shape index (κ3) is 6.82. The highest BCUT2D eigenvalue weighted by Gasteiger charge is 2.27. The Kier molecular flexibility index (Phi) is 5.94. The molecule has 0 fully saturated rings. The highest BCUT2D eigenvalue weighted by Crippen LogP contribution is 2.16. The van der Waals surface area contributed by atoms with Gasteiger partial charge in [0.15, 0.2) is 0 Å². The summed E-state index contributed by atoms with van der Waals surface area (Å²) < 4.78 is 5.37. The second kappa shape index (κ2) is 7.13. The predicted octanol–water partition coefficient (Wildman–Crippen LogP) is 3.03. The van der Waals surface area contributed by atoms with Crippen LogP contribution in [0.1, 0.15) is 57.5 Å². The molecule has 0 aliphatic carbocycles. The van der Waals surface area contributed by atoms with Crippen LogP contribution in [0.25, 0.3) is 0 Å². The maximum absolute atomic E-state index is 12.1. The number of nitrogens with one attached hydrogen (secondary N) is 1. The van der Waals surface area contributed by atoms with Crippen molar-refractivity contribution < 1.29 is 19.4 Å². The van der Waals surface area contributed by atoms with Crippen molar-refractivity contribution in [3.63, 3.8) is 0 Å². The maximum Gasteiger partial charge on any atom is 0.335 e. The van der Waals surface area contributed by atoms with E-state index in [1.54, 1.807) is 31.2 Å². The number of hydrogen-bond donors (Lipinski definition) is 2. The van der Waals surface area contributed by atoms with Crippen molar-refractivity contribution in [2.24, 2.45) is 0 Å². The molecule has 2 N–H and O–H groups in total. The molecule has 1 unspecified atom stereocenters. The minimum Gasteiger partial charge on any atom is -0.478 e. The molecule has 1 aromatic carbocycles. The third-order valence-electron chi connectivity index (χ3n) is 3.21. The van der Waals surface area contributed by atoms with Crippen LogP contribution >= 0.6 is 0 Å². The van der Waals surface area contributed by atoms with Crippen molar-refractivity contribution >= 4 is 11.9 Å². The van der Waals surface area contributed by atoms with Crippen LogP contribution in [0.2, 0.25) is 0 Å². The van der Waals surface area contributed by atoms with Gasteiger partial charge in [0.1, 0.15) is 11.6 Å². The summed E-state index contributed by atoms with van der Waals surface area (Å²) in [4.78, 5) is 22.9. The Labute approximate surface area is 138 Å². The van der Waals surface area contributed by atoms with Crippen LogP contribution in [-0.4, -0.2) is 34.2 Å². The quantitative estimate of drug-likeness (QED) is 0.788. The second-order valence-corrected chi connectivity index (χ2v) is 7.46. The summed E-state index contributed by atoms with van der Waals surface area (Å²) >= 11 is 0. The summed E-state index contributed by atoms with van der Waals surface area (Å²) in [7, 11) is 0. The van der Waals surface area contributed by atoms with E-state index < -0.39 is 17.6 Å². The second-order valence-electron chi connectivity index (χ2n) is 7.46. The summed E-state index contributed by atoms with van der Waals surface area (Å²) in [6.07, 6.45) is 0.667. The molecule has 5 heteroatoms. The lowest BCUT2D eigenvalue weighted by molar-refractivity contribution is -0.157. The molecule has 5 nitrogen and oxygen atoms in total. The normalized spacial score (nSPS) is 13.5. The molecule has 0 aromatic heterocycles. The van der Waals surface area contributed by atoms with Crippen LogP contribution in [0.15, 0.2) is 24.3 Å². The zero-order chi connectivity index (χ0) is 17.8. The fraction of sp³-hybridized carbons (Fsp3) is 0.556. The van der Waals surface area contributed by atoms with E-state index in [1.165, 1.54) is 0 Å². The van der Waals surface area contributed by atoms with Crippen molar-refractivity contribution in [2.45, 2.75) is 65.1 Å². The van der Waals surface area contributed by atoms with Gasteiger partial charge in [-0.25, -0.2) is 4.79 Å². The zero-order valence-electron chi connectivity index (χ0n) is 14.8. The van der Waals surface area contributed by atoms with Crippen LogP contribution in [0, 0.1) is 0 Å². The lowest BCUT2D eigenvalue weighted by Crippen LogP contribution is -2.50. The Hall–Kier alpha value is -1.88. The highest BCUT2D eigenvalue weighted by molar-refractivity contribution is 5.87. The van der Waals surface area contributed by atoms with Gasteiger partial charge in [0.2, 0.25) is 0 Å². The fourth-order valence-electron chi connectivity index (χ4n) is 2.36.